The van der Waals surface area contributed by atoms with Crippen LogP contribution in [0.1, 0.15) is 31.4 Å². The smallest absolute Gasteiger partial charge is 0.183 e. The lowest BCUT2D eigenvalue weighted by atomic mass is 9.90. The number of rotatable bonds is 2. The molecule has 1 unspecified atom stereocenters. The standard InChI is InChI=1S/C14H18N4O/c15-10-12-14(17-6-5-16-12)18-7-3-11(4-8-18)13-2-1-9-19-13/h5-6,11,13H,1-4,7-9H2. The first-order valence-corrected chi connectivity index (χ1v) is 6.96. The molecule has 100 valence electrons. The quantitative estimate of drug-likeness (QED) is 0.808. The zero-order chi connectivity index (χ0) is 13.1. The summed E-state index contributed by atoms with van der Waals surface area (Å²) in [4.78, 5) is 10.6. The lowest BCUT2D eigenvalue weighted by molar-refractivity contribution is 0.0531. The van der Waals surface area contributed by atoms with Gasteiger partial charge in [0.05, 0.1) is 6.10 Å². The molecule has 0 aliphatic carbocycles. The Hall–Kier alpha value is -1.67. The Morgan fingerprint density at radius 3 is 2.68 bits per heavy atom. The fourth-order valence-corrected chi connectivity index (χ4v) is 3.10. The van der Waals surface area contributed by atoms with Crippen LogP contribution in [-0.4, -0.2) is 35.8 Å². The summed E-state index contributed by atoms with van der Waals surface area (Å²) in [5, 5.41) is 9.07. The average molecular weight is 258 g/mol. The van der Waals surface area contributed by atoms with Gasteiger partial charge in [-0.05, 0) is 31.6 Å². The normalized spacial score (nSPS) is 24.4. The van der Waals surface area contributed by atoms with Crippen molar-refractivity contribution in [3.05, 3.63) is 18.1 Å². The molecule has 1 aromatic heterocycles. The summed E-state index contributed by atoms with van der Waals surface area (Å²) >= 11 is 0. The summed E-state index contributed by atoms with van der Waals surface area (Å²) in [6.07, 6.45) is 8.33. The van der Waals surface area contributed by atoms with Gasteiger partial charge in [0.1, 0.15) is 6.07 Å². The van der Waals surface area contributed by atoms with E-state index in [0.717, 1.165) is 38.4 Å². The monoisotopic (exact) mass is 258 g/mol. The van der Waals surface area contributed by atoms with E-state index in [9.17, 15) is 0 Å². The Bertz CT molecular complexity index is 471. The van der Waals surface area contributed by atoms with Crippen LogP contribution in [0.3, 0.4) is 0 Å². The molecule has 0 spiro atoms. The predicted molar refractivity (Wildman–Crippen MR) is 70.7 cm³/mol. The Morgan fingerprint density at radius 1 is 1.21 bits per heavy atom. The van der Waals surface area contributed by atoms with Crippen molar-refractivity contribution in [2.75, 3.05) is 24.6 Å². The summed E-state index contributed by atoms with van der Waals surface area (Å²) in [5.41, 5.74) is 0.429. The molecule has 3 rings (SSSR count). The van der Waals surface area contributed by atoms with Crippen LogP contribution >= 0.6 is 0 Å². The van der Waals surface area contributed by atoms with Crippen LogP contribution < -0.4 is 4.90 Å². The molecule has 5 heteroatoms. The van der Waals surface area contributed by atoms with Crippen molar-refractivity contribution in [2.45, 2.75) is 31.8 Å². The second-order valence-electron chi connectivity index (χ2n) is 5.22. The highest BCUT2D eigenvalue weighted by molar-refractivity contribution is 5.49. The fourth-order valence-electron chi connectivity index (χ4n) is 3.10. The Balaban J connectivity index is 1.65. The summed E-state index contributed by atoms with van der Waals surface area (Å²) < 4.78 is 5.78. The molecular weight excluding hydrogens is 240 g/mol. The second kappa shape index (κ2) is 5.54. The van der Waals surface area contributed by atoms with E-state index in [0.29, 0.717) is 17.7 Å². The van der Waals surface area contributed by atoms with Gasteiger partial charge < -0.3 is 9.64 Å². The largest absolute Gasteiger partial charge is 0.378 e. The summed E-state index contributed by atoms with van der Waals surface area (Å²) in [6, 6.07) is 2.12. The first-order chi connectivity index (χ1) is 9.38. The van der Waals surface area contributed by atoms with Gasteiger partial charge in [-0.25, -0.2) is 9.97 Å². The molecule has 1 atom stereocenters. The van der Waals surface area contributed by atoms with Gasteiger partial charge in [0.25, 0.3) is 0 Å². The Labute approximate surface area is 113 Å². The van der Waals surface area contributed by atoms with E-state index in [4.69, 9.17) is 10.00 Å². The Kier molecular flexibility index (Phi) is 3.60. The summed E-state index contributed by atoms with van der Waals surface area (Å²) in [5.74, 6) is 1.40. The van der Waals surface area contributed by atoms with Crippen molar-refractivity contribution in [2.24, 2.45) is 5.92 Å². The van der Waals surface area contributed by atoms with Crippen molar-refractivity contribution in [3.63, 3.8) is 0 Å². The van der Waals surface area contributed by atoms with Gasteiger partial charge >= 0.3 is 0 Å². The molecule has 2 aliphatic rings. The van der Waals surface area contributed by atoms with Crippen LogP contribution in [0.2, 0.25) is 0 Å². The van der Waals surface area contributed by atoms with E-state index in [1.165, 1.54) is 12.8 Å². The zero-order valence-corrected chi connectivity index (χ0v) is 11.0. The molecule has 3 heterocycles. The second-order valence-corrected chi connectivity index (χ2v) is 5.22. The number of anilines is 1. The van der Waals surface area contributed by atoms with Crippen LogP contribution in [0.5, 0.6) is 0 Å². The van der Waals surface area contributed by atoms with Gasteiger partial charge in [0.2, 0.25) is 0 Å². The average Bonchev–Trinajstić information content (AvgIpc) is 3.02. The molecule has 19 heavy (non-hydrogen) atoms. The van der Waals surface area contributed by atoms with Crippen LogP contribution in [0.4, 0.5) is 5.82 Å². The van der Waals surface area contributed by atoms with Gasteiger partial charge in [-0.3, -0.25) is 0 Å². The third-order valence-electron chi connectivity index (χ3n) is 4.11. The van der Waals surface area contributed by atoms with Gasteiger partial charge in [0.15, 0.2) is 11.5 Å². The number of hydrogen-bond donors (Lipinski definition) is 0. The molecule has 1 aromatic rings. The van der Waals surface area contributed by atoms with Gasteiger partial charge in [-0.1, -0.05) is 0 Å². The molecule has 2 saturated heterocycles. The topological polar surface area (TPSA) is 62.0 Å². The van der Waals surface area contributed by atoms with Crippen LogP contribution in [0.25, 0.3) is 0 Å². The zero-order valence-electron chi connectivity index (χ0n) is 11.0. The maximum Gasteiger partial charge on any atom is 0.183 e. The molecule has 0 bridgehead atoms. The number of piperidine rings is 1. The lowest BCUT2D eigenvalue weighted by Gasteiger charge is -2.35. The van der Waals surface area contributed by atoms with E-state index in [-0.39, 0.29) is 0 Å². The van der Waals surface area contributed by atoms with E-state index in [1.54, 1.807) is 12.4 Å². The molecule has 5 nitrogen and oxygen atoms in total. The molecule has 2 aliphatic heterocycles. The van der Waals surface area contributed by atoms with Gasteiger partial charge in [-0.15, -0.1) is 0 Å². The third kappa shape index (κ3) is 2.54. The first kappa shape index (κ1) is 12.4. The van der Waals surface area contributed by atoms with Crippen LogP contribution in [0, 0.1) is 17.2 Å². The fraction of sp³-hybridized carbons (Fsp3) is 0.643. The van der Waals surface area contributed by atoms with E-state index in [2.05, 4.69) is 20.9 Å². The SMILES string of the molecule is N#Cc1nccnc1N1CCC(C2CCCO2)CC1. The maximum atomic E-state index is 9.07. The minimum Gasteiger partial charge on any atom is -0.378 e. The lowest BCUT2D eigenvalue weighted by Crippen LogP contribution is -2.38. The molecule has 0 radical (unpaired) electrons. The molecule has 0 N–H and O–H groups in total. The van der Waals surface area contributed by atoms with E-state index >= 15 is 0 Å². The highest BCUT2D eigenvalue weighted by atomic mass is 16.5. The molecular formula is C14H18N4O. The molecule has 0 saturated carbocycles. The van der Waals surface area contributed by atoms with Crippen molar-refractivity contribution in [3.8, 4) is 6.07 Å². The minimum absolute atomic E-state index is 0.429. The first-order valence-electron chi connectivity index (χ1n) is 6.96. The Morgan fingerprint density at radius 2 is 2.00 bits per heavy atom. The maximum absolute atomic E-state index is 9.07. The van der Waals surface area contributed by atoms with Crippen molar-refractivity contribution < 1.29 is 4.74 Å². The number of nitriles is 1. The van der Waals surface area contributed by atoms with E-state index < -0.39 is 0 Å². The summed E-state index contributed by atoms with van der Waals surface area (Å²) in [7, 11) is 0. The number of nitrogens with zero attached hydrogens (tertiary/aromatic N) is 4. The van der Waals surface area contributed by atoms with Crippen molar-refractivity contribution in [1.82, 2.24) is 9.97 Å². The van der Waals surface area contributed by atoms with Gasteiger partial charge in [0, 0.05) is 32.1 Å². The molecule has 2 fully saturated rings. The third-order valence-corrected chi connectivity index (χ3v) is 4.11. The minimum atomic E-state index is 0.429. The van der Waals surface area contributed by atoms with Crippen molar-refractivity contribution in [1.29, 1.82) is 5.26 Å². The van der Waals surface area contributed by atoms with Crippen molar-refractivity contribution >= 4 is 5.82 Å². The summed E-state index contributed by atoms with van der Waals surface area (Å²) in [6.45, 7) is 2.81. The highest BCUT2D eigenvalue weighted by Crippen LogP contribution is 2.30. The van der Waals surface area contributed by atoms with Crippen LogP contribution in [-0.2, 0) is 4.74 Å². The van der Waals surface area contributed by atoms with E-state index in [1.807, 2.05) is 0 Å². The molecule has 0 amide bonds. The highest BCUT2D eigenvalue weighted by Gasteiger charge is 2.30. The molecule has 0 aromatic carbocycles. The number of aromatic nitrogens is 2. The van der Waals surface area contributed by atoms with Crippen LogP contribution in [0.15, 0.2) is 12.4 Å². The number of ether oxygens (including phenoxy) is 1. The number of hydrogen-bond acceptors (Lipinski definition) is 5. The van der Waals surface area contributed by atoms with Gasteiger partial charge in [-0.2, -0.15) is 5.26 Å². The predicted octanol–water partition coefficient (Wildman–Crippen LogP) is 1.74.